The first kappa shape index (κ1) is 16.6. The predicted molar refractivity (Wildman–Crippen MR) is 80.1 cm³/mol. The van der Waals surface area contributed by atoms with Gasteiger partial charge in [-0.1, -0.05) is 0 Å². The number of nitrogens with two attached hydrogens (primary N) is 1. The molecule has 0 spiro atoms. The van der Waals surface area contributed by atoms with Gasteiger partial charge in [-0.25, -0.2) is 13.4 Å². The van der Waals surface area contributed by atoms with E-state index in [2.05, 4.69) is 9.88 Å². The van der Waals surface area contributed by atoms with Gasteiger partial charge in [0.1, 0.15) is 0 Å². The number of hydrogen-bond donors (Lipinski definition) is 1. The summed E-state index contributed by atoms with van der Waals surface area (Å²) >= 11 is 1.49. The highest BCUT2D eigenvalue weighted by Gasteiger charge is 2.25. The zero-order valence-corrected chi connectivity index (χ0v) is 13.2. The van der Waals surface area contributed by atoms with Crippen molar-refractivity contribution in [1.29, 1.82) is 0 Å². The van der Waals surface area contributed by atoms with E-state index in [1.807, 2.05) is 0 Å². The third-order valence-electron chi connectivity index (χ3n) is 3.04. The molecule has 2 rings (SSSR count). The number of thiazole rings is 1. The van der Waals surface area contributed by atoms with Crippen LogP contribution in [-0.4, -0.2) is 54.5 Å². The van der Waals surface area contributed by atoms with Crippen molar-refractivity contribution in [2.45, 2.75) is 13.5 Å². The lowest BCUT2D eigenvalue weighted by atomic mass is 10.3. The molecule has 1 fully saturated rings. The van der Waals surface area contributed by atoms with E-state index in [1.54, 1.807) is 17.4 Å². The third-order valence-corrected chi connectivity index (χ3v) is 5.73. The van der Waals surface area contributed by atoms with Gasteiger partial charge in [0.25, 0.3) is 0 Å². The van der Waals surface area contributed by atoms with E-state index in [1.165, 1.54) is 11.3 Å². The van der Waals surface area contributed by atoms with Gasteiger partial charge in [0.2, 0.25) is 10.0 Å². The van der Waals surface area contributed by atoms with E-state index >= 15 is 0 Å². The fourth-order valence-electron chi connectivity index (χ4n) is 1.96. The minimum atomic E-state index is -3.04. The normalized spacial score (nSPS) is 18.2. The SMILES string of the molecule is CCS(=O)(=O)N1CCN(Cc2cnc(N)s2)CC1.Cl. The van der Waals surface area contributed by atoms with Gasteiger partial charge in [0.05, 0.1) is 5.75 Å². The molecule has 0 aromatic carbocycles. The molecule has 0 atom stereocenters. The summed E-state index contributed by atoms with van der Waals surface area (Å²) in [6.07, 6.45) is 1.79. The van der Waals surface area contributed by atoms with Crippen LogP contribution in [0.15, 0.2) is 6.20 Å². The molecule has 1 saturated heterocycles. The maximum absolute atomic E-state index is 11.7. The standard InChI is InChI=1S/C10H18N4O2S2.ClH/c1-2-18(15,16)14-5-3-13(4-6-14)8-9-7-12-10(11)17-9;/h7H,2-6,8H2,1H3,(H2,11,12);1H. The Labute approximate surface area is 124 Å². The van der Waals surface area contributed by atoms with Crippen LogP contribution in [0.4, 0.5) is 5.13 Å². The molecule has 0 amide bonds. The molecular formula is C10H19ClN4O2S2. The second-order valence-corrected chi connectivity index (χ2v) is 7.64. The predicted octanol–water partition coefficient (Wildman–Crippen LogP) is 0.614. The van der Waals surface area contributed by atoms with Gasteiger partial charge in [-0.3, -0.25) is 4.90 Å². The monoisotopic (exact) mass is 326 g/mol. The van der Waals surface area contributed by atoms with Crippen LogP contribution in [0.25, 0.3) is 0 Å². The Balaban J connectivity index is 0.00000180. The Hall–Kier alpha value is -0.410. The number of piperazine rings is 1. The first-order valence-corrected chi connectivity index (χ1v) is 8.34. The lowest BCUT2D eigenvalue weighted by molar-refractivity contribution is 0.183. The Morgan fingerprint density at radius 1 is 1.37 bits per heavy atom. The van der Waals surface area contributed by atoms with Crippen LogP contribution in [0, 0.1) is 0 Å². The molecule has 2 heterocycles. The van der Waals surface area contributed by atoms with Crippen molar-refractivity contribution in [3.05, 3.63) is 11.1 Å². The van der Waals surface area contributed by atoms with Crippen LogP contribution in [0.2, 0.25) is 0 Å². The number of aromatic nitrogens is 1. The molecule has 110 valence electrons. The van der Waals surface area contributed by atoms with Gasteiger partial charge in [-0.2, -0.15) is 4.31 Å². The van der Waals surface area contributed by atoms with Gasteiger partial charge >= 0.3 is 0 Å². The van der Waals surface area contributed by atoms with E-state index in [0.29, 0.717) is 18.2 Å². The number of nitrogens with zero attached hydrogens (tertiary/aromatic N) is 3. The van der Waals surface area contributed by atoms with Crippen molar-refractivity contribution in [2.75, 3.05) is 37.7 Å². The van der Waals surface area contributed by atoms with Crippen LogP contribution >= 0.6 is 23.7 Å². The van der Waals surface area contributed by atoms with E-state index in [4.69, 9.17) is 5.73 Å². The number of hydrogen-bond acceptors (Lipinski definition) is 6. The second kappa shape index (κ2) is 6.85. The lowest BCUT2D eigenvalue weighted by Crippen LogP contribution is -2.48. The summed E-state index contributed by atoms with van der Waals surface area (Å²) in [6, 6.07) is 0. The molecule has 2 N–H and O–H groups in total. The number of nitrogen functional groups attached to an aromatic ring is 1. The molecule has 19 heavy (non-hydrogen) atoms. The zero-order chi connectivity index (χ0) is 13.2. The molecule has 1 aliphatic rings. The summed E-state index contributed by atoms with van der Waals surface area (Å²) in [5.41, 5.74) is 5.58. The molecule has 1 aromatic heterocycles. The minimum absolute atomic E-state index is 0. The molecular weight excluding hydrogens is 308 g/mol. The summed E-state index contributed by atoms with van der Waals surface area (Å²) in [4.78, 5) is 7.37. The number of halogens is 1. The van der Waals surface area contributed by atoms with Gasteiger partial charge < -0.3 is 5.73 Å². The van der Waals surface area contributed by atoms with E-state index < -0.39 is 10.0 Å². The molecule has 0 unspecified atom stereocenters. The number of sulfonamides is 1. The Morgan fingerprint density at radius 2 is 2.00 bits per heavy atom. The van der Waals surface area contributed by atoms with Crippen molar-refractivity contribution in [2.24, 2.45) is 0 Å². The van der Waals surface area contributed by atoms with Crippen LogP contribution in [0.3, 0.4) is 0 Å². The van der Waals surface area contributed by atoms with Gasteiger partial charge in [0.15, 0.2) is 5.13 Å². The molecule has 1 aromatic rings. The van der Waals surface area contributed by atoms with Crippen molar-refractivity contribution in [3.8, 4) is 0 Å². The van der Waals surface area contributed by atoms with E-state index in [9.17, 15) is 8.42 Å². The van der Waals surface area contributed by atoms with E-state index in [-0.39, 0.29) is 18.2 Å². The van der Waals surface area contributed by atoms with Gasteiger partial charge in [0, 0.05) is 43.8 Å². The molecule has 0 bridgehead atoms. The Kier molecular flexibility index (Phi) is 6.00. The highest BCUT2D eigenvalue weighted by Crippen LogP contribution is 2.18. The maximum atomic E-state index is 11.7. The zero-order valence-electron chi connectivity index (χ0n) is 10.8. The summed E-state index contributed by atoms with van der Waals surface area (Å²) in [7, 11) is -3.04. The van der Waals surface area contributed by atoms with Crippen molar-refractivity contribution >= 4 is 38.9 Å². The first-order valence-electron chi connectivity index (χ1n) is 5.91. The molecule has 0 radical (unpaired) electrons. The summed E-state index contributed by atoms with van der Waals surface area (Å²) < 4.78 is 25.0. The third kappa shape index (κ3) is 4.28. The average Bonchev–Trinajstić information content (AvgIpc) is 2.75. The lowest BCUT2D eigenvalue weighted by Gasteiger charge is -2.33. The molecule has 9 heteroatoms. The highest BCUT2D eigenvalue weighted by molar-refractivity contribution is 7.89. The molecule has 6 nitrogen and oxygen atoms in total. The Morgan fingerprint density at radius 3 is 2.47 bits per heavy atom. The van der Waals surface area contributed by atoms with Crippen molar-refractivity contribution < 1.29 is 8.42 Å². The summed E-state index contributed by atoms with van der Waals surface area (Å²) in [5.74, 6) is 0.179. The van der Waals surface area contributed by atoms with Crippen LogP contribution in [0.1, 0.15) is 11.8 Å². The Bertz CT molecular complexity index is 497. The molecule has 1 aliphatic heterocycles. The first-order chi connectivity index (χ1) is 8.51. The fourth-order valence-corrected chi connectivity index (χ4v) is 3.78. The summed E-state index contributed by atoms with van der Waals surface area (Å²) in [6.45, 7) is 5.15. The number of rotatable bonds is 4. The highest BCUT2D eigenvalue weighted by atomic mass is 35.5. The number of anilines is 1. The smallest absolute Gasteiger partial charge is 0.213 e. The quantitative estimate of drug-likeness (QED) is 0.877. The van der Waals surface area contributed by atoms with E-state index in [0.717, 1.165) is 24.5 Å². The summed E-state index contributed by atoms with van der Waals surface area (Å²) in [5, 5.41) is 0.581. The van der Waals surface area contributed by atoms with Crippen LogP contribution in [-0.2, 0) is 16.6 Å². The van der Waals surface area contributed by atoms with Crippen LogP contribution < -0.4 is 5.73 Å². The fraction of sp³-hybridized carbons (Fsp3) is 0.700. The van der Waals surface area contributed by atoms with Crippen LogP contribution in [0.5, 0.6) is 0 Å². The van der Waals surface area contributed by atoms with Gasteiger partial charge in [-0.15, -0.1) is 23.7 Å². The van der Waals surface area contributed by atoms with Crippen molar-refractivity contribution in [1.82, 2.24) is 14.2 Å². The minimum Gasteiger partial charge on any atom is -0.375 e. The average molecular weight is 327 g/mol. The second-order valence-electron chi connectivity index (χ2n) is 4.24. The van der Waals surface area contributed by atoms with Crippen molar-refractivity contribution in [3.63, 3.8) is 0 Å². The molecule has 0 saturated carbocycles. The topological polar surface area (TPSA) is 79.5 Å². The largest absolute Gasteiger partial charge is 0.375 e. The maximum Gasteiger partial charge on any atom is 0.213 e. The van der Waals surface area contributed by atoms with Gasteiger partial charge in [-0.05, 0) is 6.92 Å². The molecule has 0 aliphatic carbocycles.